The van der Waals surface area contributed by atoms with Crippen LogP contribution in [0.25, 0.3) is 22.0 Å². The summed E-state index contributed by atoms with van der Waals surface area (Å²) in [6.07, 6.45) is 2.54. The summed E-state index contributed by atoms with van der Waals surface area (Å²) < 4.78 is 7.29. The molecule has 4 nitrogen and oxygen atoms in total. The molecule has 0 atom stereocenters. The van der Waals surface area contributed by atoms with Gasteiger partial charge in [0.15, 0.2) is 0 Å². The highest BCUT2D eigenvalue weighted by Gasteiger charge is 2.22. The van der Waals surface area contributed by atoms with Gasteiger partial charge >= 0.3 is 0 Å². The van der Waals surface area contributed by atoms with E-state index >= 15 is 0 Å². The van der Waals surface area contributed by atoms with Gasteiger partial charge in [-0.2, -0.15) is 0 Å². The van der Waals surface area contributed by atoms with Crippen LogP contribution < -0.4 is 5.32 Å². The fourth-order valence-electron chi connectivity index (χ4n) is 3.55. The molecular formula is C23H21ClN2O2. The van der Waals surface area contributed by atoms with E-state index in [1.165, 1.54) is 5.56 Å². The Hall–Kier alpha value is -2.98. The van der Waals surface area contributed by atoms with Crippen LogP contribution >= 0.6 is 11.6 Å². The average Bonchev–Trinajstić information content (AvgIpc) is 3.33. The van der Waals surface area contributed by atoms with Crippen LogP contribution in [0.1, 0.15) is 28.7 Å². The molecule has 0 fully saturated rings. The predicted molar refractivity (Wildman–Crippen MR) is 113 cm³/mol. The number of benzene rings is 2. The van der Waals surface area contributed by atoms with Crippen molar-refractivity contribution < 1.29 is 9.21 Å². The van der Waals surface area contributed by atoms with Gasteiger partial charge in [-0.1, -0.05) is 36.7 Å². The van der Waals surface area contributed by atoms with Gasteiger partial charge in [-0.15, -0.1) is 0 Å². The number of fused-ring (bicyclic) bond motifs is 1. The molecule has 5 heteroatoms. The van der Waals surface area contributed by atoms with Crippen LogP contribution in [0.2, 0.25) is 5.02 Å². The molecule has 0 aliphatic rings. The Morgan fingerprint density at radius 2 is 1.93 bits per heavy atom. The maximum absolute atomic E-state index is 13.1. The van der Waals surface area contributed by atoms with E-state index in [1.807, 2.05) is 48.0 Å². The summed E-state index contributed by atoms with van der Waals surface area (Å²) in [6, 6.07) is 17.6. The monoisotopic (exact) mass is 392 g/mol. The van der Waals surface area contributed by atoms with Crippen molar-refractivity contribution in [3.05, 3.63) is 82.9 Å². The Balaban J connectivity index is 1.85. The zero-order valence-corrected chi connectivity index (χ0v) is 16.6. The molecule has 1 amide bonds. The third-order valence-electron chi connectivity index (χ3n) is 5.02. The molecule has 4 aromatic rings. The lowest BCUT2D eigenvalue weighted by molar-refractivity contribution is 0.0941. The number of hydrogen-bond donors (Lipinski definition) is 1. The zero-order chi connectivity index (χ0) is 19.7. The summed E-state index contributed by atoms with van der Waals surface area (Å²) >= 11 is 6.08. The molecule has 0 aliphatic heterocycles. The van der Waals surface area contributed by atoms with Crippen molar-refractivity contribution in [2.45, 2.75) is 19.9 Å². The molecule has 4 rings (SSSR count). The van der Waals surface area contributed by atoms with E-state index in [0.717, 1.165) is 28.5 Å². The van der Waals surface area contributed by atoms with Crippen molar-refractivity contribution in [2.24, 2.45) is 7.05 Å². The molecule has 0 unspecified atom stereocenters. The maximum atomic E-state index is 13.1. The highest BCUT2D eigenvalue weighted by molar-refractivity contribution is 6.30. The topological polar surface area (TPSA) is 47.2 Å². The Morgan fingerprint density at radius 3 is 2.61 bits per heavy atom. The Labute approximate surface area is 168 Å². The van der Waals surface area contributed by atoms with Crippen LogP contribution in [0.3, 0.4) is 0 Å². The maximum Gasteiger partial charge on any atom is 0.268 e. The normalized spacial score (nSPS) is 11.1. The summed E-state index contributed by atoms with van der Waals surface area (Å²) in [5.41, 5.74) is 4.76. The van der Waals surface area contributed by atoms with E-state index in [0.29, 0.717) is 23.0 Å². The van der Waals surface area contributed by atoms with Gasteiger partial charge in [-0.3, -0.25) is 4.79 Å². The van der Waals surface area contributed by atoms with Gasteiger partial charge in [0.2, 0.25) is 0 Å². The van der Waals surface area contributed by atoms with Gasteiger partial charge in [0.1, 0.15) is 11.5 Å². The minimum Gasteiger partial charge on any atom is -0.467 e. The lowest BCUT2D eigenvalue weighted by atomic mass is 9.99. The fraction of sp³-hybridized carbons (Fsp3) is 0.174. The summed E-state index contributed by atoms with van der Waals surface area (Å²) in [6.45, 7) is 2.47. The van der Waals surface area contributed by atoms with Crippen LogP contribution in [-0.2, 0) is 20.0 Å². The Bertz CT molecular complexity index is 1130. The molecular weight excluding hydrogens is 372 g/mol. The van der Waals surface area contributed by atoms with Crippen LogP contribution in [0.4, 0.5) is 0 Å². The number of amides is 1. The molecule has 142 valence electrons. The third kappa shape index (κ3) is 3.32. The number of halogens is 1. The van der Waals surface area contributed by atoms with Crippen molar-refractivity contribution in [3.8, 4) is 11.1 Å². The summed E-state index contributed by atoms with van der Waals surface area (Å²) in [5.74, 6) is 0.575. The van der Waals surface area contributed by atoms with Crippen LogP contribution in [-0.4, -0.2) is 10.5 Å². The first-order chi connectivity index (χ1) is 13.6. The van der Waals surface area contributed by atoms with Crippen molar-refractivity contribution >= 4 is 28.4 Å². The molecule has 0 radical (unpaired) electrons. The number of furan rings is 1. The van der Waals surface area contributed by atoms with Crippen LogP contribution in [0.5, 0.6) is 0 Å². The number of rotatable bonds is 5. The number of aryl methyl sites for hydroxylation is 2. The molecule has 1 N–H and O–H groups in total. The molecule has 0 saturated carbocycles. The highest BCUT2D eigenvalue weighted by atomic mass is 35.5. The van der Waals surface area contributed by atoms with E-state index in [2.05, 4.69) is 30.4 Å². The van der Waals surface area contributed by atoms with Crippen LogP contribution in [0.15, 0.2) is 65.3 Å². The van der Waals surface area contributed by atoms with Gasteiger partial charge in [-0.25, -0.2) is 0 Å². The third-order valence-corrected chi connectivity index (χ3v) is 5.28. The van der Waals surface area contributed by atoms with Gasteiger partial charge in [0, 0.05) is 28.5 Å². The quantitative estimate of drug-likeness (QED) is 0.481. The molecule has 0 aliphatic carbocycles. The number of hydrogen-bond acceptors (Lipinski definition) is 2. The second-order valence-corrected chi connectivity index (χ2v) is 7.19. The largest absolute Gasteiger partial charge is 0.467 e. The van der Waals surface area contributed by atoms with E-state index < -0.39 is 0 Å². The van der Waals surface area contributed by atoms with Gasteiger partial charge in [-0.05, 0) is 53.9 Å². The Kier molecular flexibility index (Phi) is 4.97. The first-order valence-electron chi connectivity index (χ1n) is 9.26. The highest BCUT2D eigenvalue weighted by Crippen LogP contribution is 2.35. The lowest BCUT2D eigenvalue weighted by Crippen LogP contribution is -2.25. The molecule has 2 aromatic heterocycles. The second kappa shape index (κ2) is 7.56. The lowest BCUT2D eigenvalue weighted by Gasteiger charge is -2.09. The minimum absolute atomic E-state index is 0.141. The number of carbonyl (C=O) groups excluding carboxylic acids is 1. The number of nitrogens with one attached hydrogen (secondary N) is 1. The van der Waals surface area contributed by atoms with Crippen molar-refractivity contribution in [1.29, 1.82) is 0 Å². The molecule has 0 spiro atoms. The molecule has 28 heavy (non-hydrogen) atoms. The smallest absolute Gasteiger partial charge is 0.268 e. The molecule has 0 bridgehead atoms. The van der Waals surface area contributed by atoms with E-state index in [9.17, 15) is 4.79 Å². The molecule has 2 aromatic carbocycles. The van der Waals surface area contributed by atoms with E-state index in [1.54, 1.807) is 6.26 Å². The molecule has 2 heterocycles. The standard InChI is InChI=1S/C23H21ClN2O2/c1-3-15-6-11-20-19(13-15)21(16-7-9-17(24)10-8-16)22(26(20)2)23(27)25-14-18-5-4-12-28-18/h4-13H,3,14H2,1-2H3,(H,25,27). The number of nitrogens with zero attached hydrogens (tertiary/aromatic N) is 1. The van der Waals surface area contributed by atoms with E-state index in [-0.39, 0.29) is 5.91 Å². The first-order valence-corrected chi connectivity index (χ1v) is 9.64. The van der Waals surface area contributed by atoms with Gasteiger partial charge < -0.3 is 14.3 Å². The predicted octanol–water partition coefficient (Wildman–Crippen LogP) is 5.58. The summed E-state index contributed by atoms with van der Waals surface area (Å²) in [7, 11) is 1.93. The first kappa shape index (κ1) is 18.4. The van der Waals surface area contributed by atoms with Gasteiger partial charge in [0.05, 0.1) is 12.8 Å². The van der Waals surface area contributed by atoms with Crippen molar-refractivity contribution in [1.82, 2.24) is 9.88 Å². The van der Waals surface area contributed by atoms with Crippen LogP contribution in [0, 0.1) is 0 Å². The number of carbonyl (C=O) groups is 1. The zero-order valence-electron chi connectivity index (χ0n) is 15.8. The van der Waals surface area contributed by atoms with Crippen molar-refractivity contribution in [2.75, 3.05) is 0 Å². The van der Waals surface area contributed by atoms with Crippen molar-refractivity contribution in [3.63, 3.8) is 0 Å². The SMILES string of the molecule is CCc1ccc2c(c1)c(-c1ccc(Cl)cc1)c(C(=O)NCc1ccco1)n2C. The fourth-order valence-corrected chi connectivity index (χ4v) is 3.68. The average molecular weight is 393 g/mol. The minimum atomic E-state index is -0.141. The van der Waals surface area contributed by atoms with Gasteiger partial charge in [0.25, 0.3) is 5.91 Å². The van der Waals surface area contributed by atoms with E-state index in [4.69, 9.17) is 16.0 Å². The second-order valence-electron chi connectivity index (χ2n) is 6.76. The number of aromatic nitrogens is 1. The summed E-state index contributed by atoms with van der Waals surface area (Å²) in [4.78, 5) is 13.1. The Morgan fingerprint density at radius 1 is 1.14 bits per heavy atom. The molecule has 0 saturated heterocycles. The summed E-state index contributed by atoms with van der Waals surface area (Å²) in [5, 5.41) is 4.70.